The van der Waals surface area contributed by atoms with Crippen LogP contribution in [0.2, 0.25) is 0 Å². The molecule has 1 aliphatic heterocycles. The lowest BCUT2D eigenvalue weighted by Gasteiger charge is -2.36. The summed E-state index contributed by atoms with van der Waals surface area (Å²) in [5.74, 6) is -0.231. The summed E-state index contributed by atoms with van der Waals surface area (Å²) in [6.07, 6.45) is 0. The van der Waals surface area contributed by atoms with E-state index in [-0.39, 0.29) is 29.5 Å². The van der Waals surface area contributed by atoms with Crippen molar-refractivity contribution in [3.8, 4) is 0 Å². The van der Waals surface area contributed by atoms with Crippen molar-refractivity contribution >= 4 is 40.3 Å². The van der Waals surface area contributed by atoms with Gasteiger partial charge in [-0.3, -0.25) is 14.3 Å². The number of benzene rings is 1. The van der Waals surface area contributed by atoms with E-state index in [0.717, 1.165) is 31.9 Å². The monoisotopic (exact) mass is 410 g/mol. The summed E-state index contributed by atoms with van der Waals surface area (Å²) in [6.45, 7) is 4.36. The summed E-state index contributed by atoms with van der Waals surface area (Å²) in [4.78, 5) is 31.8. The molecule has 1 aromatic carbocycles. The largest absolute Gasteiger partial charge is 0.369 e. The third-order valence-corrected chi connectivity index (χ3v) is 5.57. The van der Waals surface area contributed by atoms with Gasteiger partial charge in [0.05, 0.1) is 10.9 Å². The van der Waals surface area contributed by atoms with Crippen LogP contribution in [-0.4, -0.2) is 47.2 Å². The Morgan fingerprint density at radius 3 is 2.41 bits per heavy atom. The molecule has 1 N–H and O–H groups in total. The van der Waals surface area contributed by atoms with Crippen molar-refractivity contribution in [2.45, 2.75) is 6.54 Å². The summed E-state index contributed by atoms with van der Waals surface area (Å²) >= 11 is 1.41. The predicted octanol–water partition coefficient (Wildman–Crippen LogP) is 2.13. The second kappa shape index (κ2) is 8.24. The first-order valence-electron chi connectivity index (χ1n) is 8.54. The van der Waals surface area contributed by atoms with E-state index < -0.39 is 0 Å². The van der Waals surface area contributed by atoms with E-state index in [4.69, 9.17) is 0 Å². The molecular weight excluding hydrogens is 391 g/mol. The SMILES string of the molecule is Cl.O=c1[nH]c2cscc2c(=O)n1CCN1CCN(c2ccc(F)cc2)CC1. The van der Waals surface area contributed by atoms with E-state index in [1.807, 2.05) is 0 Å². The first-order valence-corrected chi connectivity index (χ1v) is 9.48. The van der Waals surface area contributed by atoms with Crippen LogP contribution in [0.5, 0.6) is 0 Å². The minimum absolute atomic E-state index is 0. The highest BCUT2D eigenvalue weighted by Crippen LogP contribution is 2.17. The molecule has 3 aromatic rings. The van der Waals surface area contributed by atoms with E-state index in [2.05, 4.69) is 14.8 Å². The molecule has 9 heteroatoms. The van der Waals surface area contributed by atoms with E-state index >= 15 is 0 Å². The second-order valence-electron chi connectivity index (χ2n) is 6.39. The minimum Gasteiger partial charge on any atom is -0.369 e. The van der Waals surface area contributed by atoms with Crippen molar-refractivity contribution in [2.75, 3.05) is 37.6 Å². The van der Waals surface area contributed by atoms with Crippen molar-refractivity contribution in [2.24, 2.45) is 0 Å². The maximum atomic E-state index is 13.0. The third kappa shape index (κ3) is 4.07. The molecule has 6 nitrogen and oxygen atoms in total. The number of thiophene rings is 1. The average Bonchev–Trinajstić information content (AvgIpc) is 3.11. The topological polar surface area (TPSA) is 61.3 Å². The van der Waals surface area contributed by atoms with Gasteiger partial charge in [-0.05, 0) is 24.3 Å². The van der Waals surface area contributed by atoms with Crippen molar-refractivity contribution < 1.29 is 4.39 Å². The normalized spacial score (nSPS) is 15.1. The number of H-pyrrole nitrogens is 1. The number of hydrogen-bond acceptors (Lipinski definition) is 5. The molecule has 144 valence electrons. The Kier molecular flexibility index (Phi) is 5.98. The van der Waals surface area contributed by atoms with E-state index in [0.29, 0.717) is 24.0 Å². The Morgan fingerprint density at radius 2 is 1.70 bits per heavy atom. The third-order valence-electron chi connectivity index (χ3n) is 4.83. The van der Waals surface area contributed by atoms with Crippen LogP contribution < -0.4 is 16.1 Å². The summed E-state index contributed by atoms with van der Waals surface area (Å²) in [6, 6.07) is 6.53. The smallest absolute Gasteiger partial charge is 0.328 e. The van der Waals surface area contributed by atoms with Crippen LogP contribution >= 0.6 is 23.7 Å². The molecule has 0 unspecified atom stereocenters. The molecule has 1 fully saturated rings. The van der Waals surface area contributed by atoms with Gasteiger partial charge in [-0.25, -0.2) is 9.18 Å². The zero-order valence-corrected chi connectivity index (χ0v) is 16.2. The van der Waals surface area contributed by atoms with Gasteiger partial charge in [0.1, 0.15) is 5.82 Å². The molecule has 0 atom stereocenters. The number of fused-ring (bicyclic) bond motifs is 1. The van der Waals surface area contributed by atoms with Crippen LogP contribution in [0.15, 0.2) is 44.6 Å². The van der Waals surface area contributed by atoms with Crippen LogP contribution in [0.25, 0.3) is 10.9 Å². The van der Waals surface area contributed by atoms with Gasteiger partial charge >= 0.3 is 5.69 Å². The fourth-order valence-corrected chi connectivity index (χ4v) is 4.06. The Labute approximate surface area is 165 Å². The molecule has 0 aliphatic carbocycles. The van der Waals surface area contributed by atoms with Crippen LogP contribution in [0, 0.1) is 5.82 Å². The van der Waals surface area contributed by atoms with Gasteiger partial charge in [-0.2, -0.15) is 0 Å². The zero-order chi connectivity index (χ0) is 18.1. The fraction of sp³-hybridized carbons (Fsp3) is 0.333. The molecule has 1 aliphatic rings. The number of nitrogens with zero attached hydrogens (tertiary/aromatic N) is 3. The van der Waals surface area contributed by atoms with Gasteiger partial charge in [-0.1, -0.05) is 0 Å². The molecule has 0 radical (unpaired) electrons. The lowest BCUT2D eigenvalue weighted by molar-refractivity contribution is 0.246. The molecule has 27 heavy (non-hydrogen) atoms. The standard InChI is InChI=1S/C18H19FN4O2S.ClH/c19-13-1-3-14(4-2-13)22-8-5-21(6-9-22)7-10-23-17(24)15-11-26-12-16(15)20-18(23)25;/h1-4,11-12H,5-10H2,(H,20,25);1H. The maximum Gasteiger partial charge on any atom is 0.328 e. The van der Waals surface area contributed by atoms with E-state index in [1.165, 1.54) is 28.0 Å². The summed E-state index contributed by atoms with van der Waals surface area (Å²) in [5, 5.41) is 4.11. The quantitative estimate of drug-likeness (QED) is 0.715. The molecule has 0 amide bonds. The number of hydrogen-bond donors (Lipinski definition) is 1. The van der Waals surface area contributed by atoms with Gasteiger partial charge in [-0.15, -0.1) is 23.7 Å². The van der Waals surface area contributed by atoms with Crippen molar-refractivity contribution in [1.29, 1.82) is 0 Å². The van der Waals surface area contributed by atoms with Crippen LogP contribution in [0.4, 0.5) is 10.1 Å². The molecule has 1 saturated heterocycles. The molecule has 2 aromatic heterocycles. The fourth-order valence-electron chi connectivity index (χ4n) is 3.31. The molecule has 0 bridgehead atoms. The van der Waals surface area contributed by atoms with E-state index in [9.17, 15) is 14.0 Å². The zero-order valence-electron chi connectivity index (χ0n) is 14.6. The number of aromatic amines is 1. The number of anilines is 1. The minimum atomic E-state index is -0.356. The lowest BCUT2D eigenvalue weighted by Crippen LogP contribution is -2.48. The Hall–Kier alpha value is -2.16. The summed E-state index contributed by atoms with van der Waals surface area (Å²) < 4.78 is 14.3. The maximum absolute atomic E-state index is 13.0. The highest BCUT2D eigenvalue weighted by atomic mass is 35.5. The summed E-state index contributed by atoms with van der Waals surface area (Å²) in [7, 11) is 0. The highest BCUT2D eigenvalue weighted by molar-refractivity contribution is 7.09. The van der Waals surface area contributed by atoms with Gasteiger partial charge in [0.15, 0.2) is 0 Å². The average molecular weight is 411 g/mol. The van der Waals surface area contributed by atoms with Gasteiger partial charge in [0, 0.05) is 55.7 Å². The predicted molar refractivity (Wildman–Crippen MR) is 109 cm³/mol. The molecule has 0 saturated carbocycles. The number of piperazine rings is 1. The van der Waals surface area contributed by atoms with Crippen molar-refractivity contribution in [3.63, 3.8) is 0 Å². The van der Waals surface area contributed by atoms with E-state index in [1.54, 1.807) is 22.9 Å². The first kappa shape index (κ1) is 19.6. The summed E-state index contributed by atoms with van der Waals surface area (Å²) in [5.41, 5.74) is 1.04. The molecule has 3 heterocycles. The molecular formula is C18H20ClFN4O2S. The van der Waals surface area contributed by atoms with Crippen LogP contribution in [0.3, 0.4) is 0 Å². The van der Waals surface area contributed by atoms with Crippen molar-refractivity contribution in [1.82, 2.24) is 14.5 Å². The Bertz CT molecular complexity index is 1020. The Balaban J connectivity index is 0.00000210. The number of nitrogens with one attached hydrogen (secondary N) is 1. The van der Waals surface area contributed by atoms with Gasteiger partial charge in [0.2, 0.25) is 0 Å². The highest BCUT2D eigenvalue weighted by Gasteiger charge is 2.18. The number of aromatic nitrogens is 2. The van der Waals surface area contributed by atoms with Gasteiger partial charge in [0.25, 0.3) is 5.56 Å². The van der Waals surface area contributed by atoms with Crippen molar-refractivity contribution in [3.05, 3.63) is 61.7 Å². The number of rotatable bonds is 4. The molecule has 4 rings (SSSR count). The molecule has 0 spiro atoms. The van der Waals surface area contributed by atoms with Crippen LogP contribution in [0.1, 0.15) is 0 Å². The first-order chi connectivity index (χ1) is 12.6. The van der Waals surface area contributed by atoms with Crippen LogP contribution in [-0.2, 0) is 6.54 Å². The van der Waals surface area contributed by atoms with Gasteiger partial charge < -0.3 is 9.88 Å². The second-order valence-corrected chi connectivity index (χ2v) is 7.13. The lowest BCUT2D eigenvalue weighted by atomic mass is 10.2. The Morgan fingerprint density at radius 1 is 1.00 bits per heavy atom. The number of halogens is 2.